The van der Waals surface area contributed by atoms with Crippen LogP contribution in [0, 0.1) is 23.2 Å². The Labute approximate surface area is 228 Å². The molecule has 1 rings (SSSR count). The van der Waals surface area contributed by atoms with E-state index in [1.54, 1.807) is 31.2 Å². The third-order valence-electron chi connectivity index (χ3n) is 5.93. The molecule has 200 valence electrons. The minimum absolute atomic E-state index is 0.0243. The van der Waals surface area contributed by atoms with Crippen LogP contribution in [0.25, 0.3) is 0 Å². The van der Waals surface area contributed by atoms with E-state index >= 15 is 0 Å². The Morgan fingerprint density at radius 1 is 0.889 bits per heavy atom. The summed E-state index contributed by atoms with van der Waals surface area (Å²) in [4.78, 5) is 61.4. The van der Waals surface area contributed by atoms with Crippen LogP contribution in [0.1, 0.15) is 71.2 Å². The molecule has 0 radical (unpaired) electrons. The maximum Gasteiger partial charge on any atom is 0.251 e. The number of amides is 3. The van der Waals surface area contributed by atoms with Gasteiger partial charge in [-0.25, -0.2) is 0 Å². The Bertz CT molecular complexity index is 922. The molecule has 0 saturated heterocycles. The number of ketones is 2. The standard InChI is InChI=1S/C27H40IN3O5/c1-17(2)21(15-22(32)18(3)14-23(33)27(4,5)6)26(36)30-13-7-12-29-25(35)19-8-10-20(11-9-19)31-24(34)16-28/h8-11,17-18,21H,7,12-16H2,1-6H3,(H,29,35)(H,30,36)(H,31,34)/t18-,21+/m0/s1. The van der Waals surface area contributed by atoms with Gasteiger partial charge in [0.15, 0.2) is 0 Å². The maximum atomic E-state index is 12.7. The molecule has 0 fully saturated rings. The van der Waals surface area contributed by atoms with E-state index in [9.17, 15) is 24.0 Å². The topological polar surface area (TPSA) is 121 Å². The molecule has 36 heavy (non-hydrogen) atoms. The fourth-order valence-corrected chi connectivity index (χ4v) is 3.57. The maximum absolute atomic E-state index is 12.7. The van der Waals surface area contributed by atoms with Gasteiger partial charge in [0.05, 0.1) is 4.43 Å². The lowest BCUT2D eigenvalue weighted by molar-refractivity contribution is -0.134. The zero-order valence-corrected chi connectivity index (χ0v) is 24.4. The molecular formula is C27H40IN3O5. The largest absolute Gasteiger partial charge is 0.356 e. The number of anilines is 1. The first-order chi connectivity index (χ1) is 16.8. The lowest BCUT2D eigenvalue weighted by Crippen LogP contribution is -2.37. The average Bonchev–Trinajstić information content (AvgIpc) is 2.81. The number of benzene rings is 1. The fourth-order valence-electron chi connectivity index (χ4n) is 3.38. The fraction of sp³-hybridized carbons (Fsp3) is 0.593. The predicted molar refractivity (Wildman–Crippen MR) is 150 cm³/mol. The summed E-state index contributed by atoms with van der Waals surface area (Å²) in [5.41, 5.74) is 0.613. The van der Waals surface area contributed by atoms with E-state index < -0.39 is 17.3 Å². The van der Waals surface area contributed by atoms with Crippen LogP contribution in [-0.2, 0) is 19.2 Å². The molecule has 0 aliphatic carbocycles. The molecule has 1 aromatic rings. The zero-order chi connectivity index (χ0) is 27.5. The van der Waals surface area contributed by atoms with E-state index in [0.717, 1.165) is 0 Å². The van der Waals surface area contributed by atoms with Crippen molar-refractivity contribution < 1.29 is 24.0 Å². The van der Waals surface area contributed by atoms with Crippen molar-refractivity contribution in [2.45, 2.75) is 60.8 Å². The van der Waals surface area contributed by atoms with Crippen LogP contribution in [0.5, 0.6) is 0 Å². The quantitative estimate of drug-likeness (QED) is 0.165. The third-order valence-corrected chi connectivity index (χ3v) is 6.62. The van der Waals surface area contributed by atoms with Crippen molar-refractivity contribution in [2.75, 3.05) is 22.8 Å². The van der Waals surface area contributed by atoms with Gasteiger partial charge in [0.25, 0.3) is 5.91 Å². The number of halogens is 1. The van der Waals surface area contributed by atoms with Crippen LogP contribution in [0.3, 0.4) is 0 Å². The van der Waals surface area contributed by atoms with Gasteiger partial charge in [0.2, 0.25) is 11.8 Å². The molecule has 9 heteroatoms. The summed E-state index contributed by atoms with van der Waals surface area (Å²) in [6.07, 6.45) is 0.827. The van der Waals surface area contributed by atoms with Crippen LogP contribution in [0.2, 0.25) is 0 Å². The molecule has 0 spiro atoms. The van der Waals surface area contributed by atoms with Crippen molar-refractivity contribution in [3.8, 4) is 0 Å². The van der Waals surface area contributed by atoms with Gasteiger partial charge in [-0.3, -0.25) is 24.0 Å². The van der Waals surface area contributed by atoms with Gasteiger partial charge in [-0.15, -0.1) is 0 Å². The van der Waals surface area contributed by atoms with Crippen LogP contribution in [-0.4, -0.2) is 46.8 Å². The molecule has 0 saturated carbocycles. The second-order valence-corrected chi connectivity index (χ2v) is 11.2. The summed E-state index contributed by atoms with van der Waals surface area (Å²) in [5.74, 6) is -1.49. The lowest BCUT2D eigenvalue weighted by Gasteiger charge is -2.23. The number of alkyl halides is 1. The van der Waals surface area contributed by atoms with Crippen molar-refractivity contribution in [3.05, 3.63) is 29.8 Å². The van der Waals surface area contributed by atoms with E-state index in [1.165, 1.54) is 0 Å². The molecule has 0 aliphatic heterocycles. The zero-order valence-electron chi connectivity index (χ0n) is 22.2. The Balaban J connectivity index is 2.46. The average molecular weight is 614 g/mol. The Kier molecular flexibility index (Phi) is 13.3. The summed E-state index contributed by atoms with van der Waals surface area (Å²) in [5, 5.41) is 8.40. The molecule has 8 nitrogen and oxygen atoms in total. The summed E-state index contributed by atoms with van der Waals surface area (Å²) >= 11 is 1.97. The molecule has 0 heterocycles. The number of hydrogen-bond donors (Lipinski definition) is 3. The van der Waals surface area contributed by atoms with Gasteiger partial charge in [-0.1, -0.05) is 64.1 Å². The first-order valence-electron chi connectivity index (χ1n) is 12.3. The monoisotopic (exact) mass is 613 g/mol. The SMILES string of the molecule is CC(C)[C@@H](CC(=O)[C@@H](C)CC(=O)C(C)(C)C)C(=O)NCCCNC(=O)c1ccc(NC(=O)CI)cc1. The second kappa shape index (κ2) is 15.1. The highest BCUT2D eigenvalue weighted by Gasteiger charge is 2.30. The molecule has 0 aromatic heterocycles. The highest BCUT2D eigenvalue weighted by atomic mass is 127. The van der Waals surface area contributed by atoms with E-state index in [4.69, 9.17) is 0 Å². The minimum atomic E-state index is -0.492. The number of hydrogen-bond acceptors (Lipinski definition) is 5. The third kappa shape index (κ3) is 11.2. The van der Waals surface area contributed by atoms with Crippen LogP contribution in [0.15, 0.2) is 24.3 Å². The van der Waals surface area contributed by atoms with Crippen LogP contribution in [0.4, 0.5) is 5.69 Å². The number of carbonyl (C=O) groups is 5. The number of nitrogens with one attached hydrogen (secondary N) is 3. The van der Waals surface area contributed by atoms with Gasteiger partial charge < -0.3 is 16.0 Å². The van der Waals surface area contributed by atoms with Crippen molar-refractivity contribution >= 4 is 57.6 Å². The molecule has 3 N–H and O–H groups in total. The molecule has 0 aliphatic rings. The van der Waals surface area contributed by atoms with Crippen molar-refractivity contribution in [3.63, 3.8) is 0 Å². The molecular weight excluding hydrogens is 573 g/mol. The van der Waals surface area contributed by atoms with Crippen LogP contribution < -0.4 is 16.0 Å². The van der Waals surface area contributed by atoms with E-state index in [1.807, 2.05) is 57.2 Å². The van der Waals surface area contributed by atoms with E-state index in [2.05, 4.69) is 16.0 Å². The number of Topliss-reactive ketones (excluding diaryl/α,β-unsaturated/α-hetero) is 2. The first-order valence-corrected chi connectivity index (χ1v) is 13.9. The molecule has 3 amide bonds. The molecule has 2 atom stereocenters. The number of rotatable bonds is 14. The highest BCUT2D eigenvalue weighted by molar-refractivity contribution is 14.1. The summed E-state index contributed by atoms with van der Waals surface area (Å²) in [7, 11) is 0. The minimum Gasteiger partial charge on any atom is -0.356 e. The Morgan fingerprint density at radius 3 is 2.00 bits per heavy atom. The highest BCUT2D eigenvalue weighted by Crippen LogP contribution is 2.23. The van der Waals surface area contributed by atoms with E-state index in [-0.39, 0.29) is 48.0 Å². The Hall–Kier alpha value is -2.30. The normalized spacial score (nSPS) is 13.0. The summed E-state index contributed by atoms with van der Waals surface area (Å²) in [6, 6.07) is 6.62. The van der Waals surface area contributed by atoms with Crippen molar-refractivity contribution in [2.24, 2.45) is 23.2 Å². The molecule has 0 unspecified atom stereocenters. The van der Waals surface area contributed by atoms with Gasteiger partial charge in [-0.2, -0.15) is 0 Å². The lowest BCUT2D eigenvalue weighted by atomic mass is 9.81. The van der Waals surface area contributed by atoms with Crippen LogP contribution >= 0.6 is 22.6 Å². The second-order valence-electron chi connectivity index (χ2n) is 10.5. The van der Waals surface area contributed by atoms with E-state index in [0.29, 0.717) is 35.2 Å². The summed E-state index contributed by atoms with van der Waals surface area (Å²) < 4.78 is 0.350. The van der Waals surface area contributed by atoms with Crippen molar-refractivity contribution in [1.29, 1.82) is 0 Å². The Morgan fingerprint density at radius 2 is 1.47 bits per heavy atom. The predicted octanol–water partition coefficient (Wildman–Crippen LogP) is 4.17. The van der Waals surface area contributed by atoms with Gasteiger partial charge in [0, 0.05) is 54.4 Å². The molecule has 1 aromatic carbocycles. The van der Waals surface area contributed by atoms with Gasteiger partial charge in [-0.05, 0) is 36.6 Å². The first kappa shape index (κ1) is 31.7. The van der Waals surface area contributed by atoms with Gasteiger partial charge >= 0.3 is 0 Å². The smallest absolute Gasteiger partial charge is 0.251 e. The molecule has 0 bridgehead atoms. The number of carbonyl (C=O) groups excluding carboxylic acids is 5. The van der Waals surface area contributed by atoms with Crippen molar-refractivity contribution in [1.82, 2.24) is 10.6 Å². The summed E-state index contributed by atoms with van der Waals surface area (Å²) in [6.45, 7) is 11.8. The van der Waals surface area contributed by atoms with Gasteiger partial charge in [0.1, 0.15) is 11.6 Å².